The highest BCUT2D eigenvalue weighted by Crippen LogP contribution is 2.81. The predicted molar refractivity (Wildman–Crippen MR) is 71.2 cm³/mol. The van der Waals surface area contributed by atoms with Gasteiger partial charge in [0.2, 0.25) is 0 Å². The third-order valence-corrected chi connectivity index (χ3v) is 5.97. The Morgan fingerprint density at radius 2 is 1.69 bits per heavy atom. The number of fused-ring (bicyclic) bond motifs is 1. The second kappa shape index (κ2) is 3.15. The molecule has 2 rings (SSSR count). The molecule has 0 spiro atoms. The highest BCUT2D eigenvalue weighted by atomic mass is 14.8. The Morgan fingerprint density at radius 1 is 1.19 bits per heavy atom. The molecular formula is C16H28. The standard InChI is InChI=1S/C16H28/c1-9(2)12-11(5)16(8)13(10(3)4)14(16)15(12,6)7/h10-14H,1H2,2-8H3. The van der Waals surface area contributed by atoms with Crippen molar-refractivity contribution in [3.8, 4) is 0 Å². The van der Waals surface area contributed by atoms with E-state index in [0.29, 0.717) is 10.8 Å². The summed E-state index contributed by atoms with van der Waals surface area (Å²) in [6, 6.07) is 0. The zero-order valence-corrected chi connectivity index (χ0v) is 12.1. The van der Waals surface area contributed by atoms with Crippen molar-refractivity contribution in [3.63, 3.8) is 0 Å². The van der Waals surface area contributed by atoms with E-state index >= 15 is 0 Å². The molecule has 0 saturated heterocycles. The van der Waals surface area contributed by atoms with E-state index in [-0.39, 0.29) is 0 Å². The van der Waals surface area contributed by atoms with Crippen LogP contribution in [0.1, 0.15) is 48.5 Å². The molecular weight excluding hydrogens is 192 g/mol. The minimum absolute atomic E-state index is 0.453. The van der Waals surface area contributed by atoms with Crippen molar-refractivity contribution in [2.24, 2.45) is 40.4 Å². The summed E-state index contributed by atoms with van der Waals surface area (Å²) in [6.07, 6.45) is 0. The number of rotatable bonds is 2. The summed E-state index contributed by atoms with van der Waals surface area (Å²) in [5.41, 5.74) is 2.43. The molecule has 0 aliphatic heterocycles. The Hall–Kier alpha value is -0.260. The second-order valence-electron chi connectivity index (χ2n) is 7.55. The molecule has 0 N–H and O–H groups in total. The molecule has 0 heterocycles. The zero-order chi connectivity index (χ0) is 12.5. The number of hydrogen-bond donors (Lipinski definition) is 0. The predicted octanol–water partition coefficient (Wildman–Crippen LogP) is 4.76. The van der Waals surface area contributed by atoms with Crippen molar-refractivity contribution >= 4 is 0 Å². The Morgan fingerprint density at radius 3 is 1.94 bits per heavy atom. The van der Waals surface area contributed by atoms with Crippen LogP contribution >= 0.6 is 0 Å². The molecule has 16 heavy (non-hydrogen) atoms. The summed E-state index contributed by atoms with van der Waals surface area (Å²) in [7, 11) is 0. The molecule has 0 aromatic carbocycles. The third-order valence-electron chi connectivity index (χ3n) is 5.97. The first-order valence-electron chi connectivity index (χ1n) is 6.82. The number of allylic oxidation sites excluding steroid dienone is 1. The lowest BCUT2D eigenvalue weighted by molar-refractivity contribution is 0.161. The fraction of sp³-hybridized carbons (Fsp3) is 0.875. The van der Waals surface area contributed by atoms with Gasteiger partial charge in [-0.25, -0.2) is 0 Å². The molecule has 2 saturated carbocycles. The molecule has 5 atom stereocenters. The minimum atomic E-state index is 0.453. The maximum atomic E-state index is 4.24. The van der Waals surface area contributed by atoms with Gasteiger partial charge in [0.1, 0.15) is 0 Å². The van der Waals surface area contributed by atoms with Crippen LogP contribution in [0.4, 0.5) is 0 Å². The quantitative estimate of drug-likeness (QED) is 0.588. The van der Waals surface area contributed by atoms with E-state index in [1.807, 2.05) is 0 Å². The SMILES string of the molecule is C=C(C)C1C(C)C2(C)C(C(C)C)C2C1(C)C. The molecule has 2 aliphatic carbocycles. The van der Waals surface area contributed by atoms with Gasteiger partial charge >= 0.3 is 0 Å². The molecule has 2 aliphatic rings. The van der Waals surface area contributed by atoms with Crippen molar-refractivity contribution in [1.29, 1.82) is 0 Å². The molecule has 92 valence electrons. The van der Waals surface area contributed by atoms with E-state index in [1.165, 1.54) is 5.57 Å². The van der Waals surface area contributed by atoms with Gasteiger partial charge in [0.05, 0.1) is 0 Å². The lowest BCUT2D eigenvalue weighted by Gasteiger charge is -2.37. The average molecular weight is 220 g/mol. The summed E-state index contributed by atoms with van der Waals surface area (Å²) in [4.78, 5) is 0. The van der Waals surface area contributed by atoms with Crippen molar-refractivity contribution in [1.82, 2.24) is 0 Å². The molecule has 0 bridgehead atoms. The molecule has 2 fully saturated rings. The Labute approximate surface area is 102 Å². The van der Waals surface area contributed by atoms with E-state index in [9.17, 15) is 0 Å². The third kappa shape index (κ3) is 1.17. The van der Waals surface area contributed by atoms with Crippen LogP contribution in [0.25, 0.3) is 0 Å². The first-order valence-corrected chi connectivity index (χ1v) is 6.82. The first-order chi connectivity index (χ1) is 7.16. The Kier molecular flexibility index (Phi) is 2.40. The first kappa shape index (κ1) is 12.2. The molecule has 5 unspecified atom stereocenters. The van der Waals surface area contributed by atoms with Crippen LogP contribution in [-0.2, 0) is 0 Å². The summed E-state index contributed by atoms with van der Waals surface area (Å²) in [5.74, 6) is 4.21. The van der Waals surface area contributed by atoms with Crippen LogP contribution in [0, 0.1) is 40.4 Å². The van der Waals surface area contributed by atoms with Gasteiger partial charge in [-0.15, -0.1) is 0 Å². The molecule has 0 nitrogen and oxygen atoms in total. The van der Waals surface area contributed by atoms with Crippen LogP contribution < -0.4 is 0 Å². The maximum absolute atomic E-state index is 4.24. The highest BCUT2D eigenvalue weighted by molar-refractivity contribution is 5.28. The van der Waals surface area contributed by atoms with Gasteiger partial charge in [0.25, 0.3) is 0 Å². The van der Waals surface area contributed by atoms with Gasteiger partial charge in [-0.1, -0.05) is 53.7 Å². The lowest BCUT2D eigenvalue weighted by atomic mass is 9.68. The van der Waals surface area contributed by atoms with Crippen LogP contribution in [0.15, 0.2) is 12.2 Å². The van der Waals surface area contributed by atoms with Gasteiger partial charge in [0.15, 0.2) is 0 Å². The fourth-order valence-corrected chi connectivity index (χ4v) is 5.78. The van der Waals surface area contributed by atoms with Crippen molar-refractivity contribution in [2.45, 2.75) is 48.5 Å². The zero-order valence-electron chi connectivity index (χ0n) is 12.1. The topological polar surface area (TPSA) is 0 Å². The van der Waals surface area contributed by atoms with E-state index < -0.39 is 0 Å². The summed E-state index contributed by atoms with van der Waals surface area (Å²) >= 11 is 0. The molecule has 0 aromatic heterocycles. The van der Waals surface area contributed by atoms with Crippen molar-refractivity contribution < 1.29 is 0 Å². The summed E-state index contributed by atoms with van der Waals surface area (Å²) < 4.78 is 0. The van der Waals surface area contributed by atoms with Gasteiger partial charge < -0.3 is 0 Å². The number of hydrogen-bond acceptors (Lipinski definition) is 0. The molecule has 0 radical (unpaired) electrons. The van der Waals surface area contributed by atoms with Crippen LogP contribution in [0.3, 0.4) is 0 Å². The smallest absolute Gasteiger partial charge is 0.0123 e. The largest absolute Gasteiger partial charge is 0.0998 e. The minimum Gasteiger partial charge on any atom is -0.0998 e. The van der Waals surface area contributed by atoms with Crippen LogP contribution in [0.5, 0.6) is 0 Å². The van der Waals surface area contributed by atoms with Gasteiger partial charge in [-0.2, -0.15) is 0 Å². The Balaban J connectivity index is 2.36. The summed E-state index contributed by atoms with van der Waals surface area (Å²) in [5, 5.41) is 0. The maximum Gasteiger partial charge on any atom is -0.0123 e. The van der Waals surface area contributed by atoms with E-state index in [4.69, 9.17) is 0 Å². The normalized spacial score (nSPS) is 49.2. The van der Waals surface area contributed by atoms with Crippen LogP contribution in [0.2, 0.25) is 0 Å². The summed E-state index contributed by atoms with van der Waals surface area (Å²) in [6.45, 7) is 21.2. The van der Waals surface area contributed by atoms with Crippen molar-refractivity contribution in [2.75, 3.05) is 0 Å². The average Bonchev–Trinajstić information content (AvgIpc) is 2.68. The van der Waals surface area contributed by atoms with Crippen molar-refractivity contribution in [3.05, 3.63) is 12.2 Å². The van der Waals surface area contributed by atoms with Gasteiger partial charge in [-0.05, 0) is 47.3 Å². The van der Waals surface area contributed by atoms with Crippen LogP contribution in [-0.4, -0.2) is 0 Å². The molecule has 0 amide bonds. The molecule has 0 aromatic rings. The van der Waals surface area contributed by atoms with Gasteiger partial charge in [-0.3, -0.25) is 0 Å². The second-order valence-corrected chi connectivity index (χ2v) is 7.55. The van der Waals surface area contributed by atoms with E-state index in [0.717, 1.165) is 29.6 Å². The van der Waals surface area contributed by atoms with Gasteiger partial charge in [0, 0.05) is 0 Å². The monoisotopic (exact) mass is 220 g/mol. The Bertz CT molecular complexity index is 323. The fourth-order valence-electron chi connectivity index (χ4n) is 5.78. The van der Waals surface area contributed by atoms with E-state index in [1.54, 1.807) is 0 Å². The molecule has 0 heteroatoms. The lowest BCUT2D eigenvalue weighted by Crippen LogP contribution is -2.30. The van der Waals surface area contributed by atoms with E-state index in [2.05, 4.69) is 55.0 Å². The highest BCUT2D eigenvalue weighted by Gasteiger charge is 2.76.